The van der Waals surface area contributed by atoms with Crippen LogP contribution in [0.5, 0.6) is 0 Å². The summed E-state index contributed by atoms with van der Waals surface area (Å²) in [6.07, 6.45) is 1.27. The van der Waals surface area contributed by atoms with Crippen LogP contribution in [-0.2, 0) is 22.7 Å². The van der Waals surface area contributed by atoms with E-state index in [1.165, 1.54) is 35.0 Å². The van der Waals surface area contributed by atoms with Crippen LogP contribution in [0, 0.1) is 5.82 Å². The molecule has 1 aliphatic heterocycles. The van der Waals surface area contributed by atoms with E-state index in [9.17, 15) is 23.6 Å². The molecule has 16 heteroatoms. The van der Waals surface area contributed by atoms with Crippen molar-refractivity contribution < 1.29 is 28.0 Å². The predicted octanol–water partition coefficient (Wildman–Crippen LogP) is 4.28. The van der Waals surface area contributed by atoms with Crippen molar-refractivity contribution in [1.29, 1.82) is 0 Å². The second kappa shape index (κ2) is 14.0. The molecule has 13 nitrogen and oxygen atoms in total. The quantitative estimate of drug-likeness (QED) is 0.179. The Labute approximate surface area is 282 Å². The third-order valence-electron chi connectivity index (χ3n) is 7.85. The number of benzene rings is 3. The molecule has 5 aromatic rings. The van der Waals surface area contributed by atoms with Crippen LogP contribution < -0.4 is 21.7 Å². The number of nitrogens with zero attached hydrogens (tertiary/aromatic N) is 5. The first-order valence-corrected chi connectivity index (χ1v) is 15.4. The first kappa shape index (κ1) is 33.0. The maximum Gasteiger partial charge on any atom is 0.319 e. The number of anilines is 2. The summed E-state index contributed by atoms with van der Waals surface area (Å²) >= 11 is 6.25. The summed E-state index contributed by atoms with van der Waals surface area (Å²) < 4.78 is 31.4. The summed E-state index contributed by atoms with van der Waals surface area (Å²) in [6, 6.07) is 15.4. The van der Waals surface area contributed by atoms with Gasteiger partial charge in [-0.05, 0) is 36.4 Å². The fourth-order valence-corrected chi connectivity index (χ4v) is 5.81. The monoisotopic (exact) mass is 687 g/mol. The third-order valence-corrected chi connectivity index (χ3v) is 8.18. The van der Waals surface area contributed by atoms with E-state index >= 15 is 4.39 Å². The van der Waals surface area contributed by atoms with Crippen LogP contribution in [0.15, 0.2) is 79.1 Å². The van der Waals surface area contributed by atoms with E-state index in [0.29, 0.717) is 27.6 Å². The average molecular weight is 688 g/mol. The number of carbonyl (C=O) groups excluding carboxylic acids is 4. The molecule has 1 saturated heterocycles. The van der Waals surface area contributed by atoms with Crippen molar-refractivity contribution >= 4 is 57.6 Å². The zero-order chi connectivity index (χ0) is 34.7. The lowest BCUT2D eigenvalue weighted by atomic mass is 10.0. The summed E-state index contributed by atoms with van der Waals surface area (Å²) in [4.78, 5) is 60.7. The molecule has 1 aliphatic rings. The maximum atomic E-state index is 15.5. The lowest BCUT2D eigenvalue weighted by molar-refractivity contribution is -0.137. The van der Waals surface area contributed by atoms with E-state index < -0.39 is 48.3 Å². The van der Waals surface area contributed by atoms with Crippen molar-refractivity contribution in [1.82, 2.24) is 30.0 Å². The van der Waals surface area contributed by atoms with Gasteiger partial charge >= 0.3 is 6.03 Å². The first-order valence-electron chi connectivity index (χ1n) is 15.0. The van der Waals surface area contributed by atoms with Gasteiger partial charge in [0.2, 0.25) is 11.8 Å². The van der Waals surface area contributed by atoms with Crippen LogP contribution in [-0.4, -0.2) is 67.2 Å². The van der Waals surface area contributed by atoms with Crippen molar-refractivity contribution in [2.75, 3.05) is 17.2 Å². The number of nitrogens with two attached hydrogens (primary N) is 1. The average Bonchev–Trinajstić information content (AvgIpc) is 3.66. The number of aromatic nitrogens is 4. The van der Waals surface area contributed by atoms with Gasteiger partial charge in [0.25, 0.3) is 5.91 Å². The number of likely N-dealkylation sites (tertiary alicyclic amines) is 1. The van der Waals surface area contributed by atoms with Crippen LogP contribution in [0.3, 0.4) is 0 Å². The lowest BCUT2D eigenvalue weighted by Crippen LogP contribution is -2.44. The molecule has 6 rings (SSSR count). The second-order valence-corrected chi connectivity index (χ2v) is 11.5. The van der Waals surface area contributed by atoms with Gasteiger partial charge in [0.05, 0.1) is 24.3 Å². The molecule has 3 heterocycles. The summed E-state index contributed by atoms with van der Waals surface area (Å²) in [7, 11) is 0. The molecule has 0 aliphatic carbocycles. The number of nitrogens with one attached hydrogen (secondary N) is 3. The lowest BCUT2D eigenvalue weighted by Gasteiger charge is -2.24. The Bertz CT molecular complexity index is 2080. The molecule has 2 aromatic heterocycles. The number of fused-ring (bicyclic) bond motifs is 1. The Balaban J connectivity index is 1.17. The molecule has 1 fully saturated rings. The summed E-state index contributed by atoms with van der Waals surface area (Å²) in [6.45, 7) is -0.778. The highest BCUT2D eigenvalue weighted by atomic mass is 35.5. The maximum absolute atomic E-state index is 15.5. The molecule has 49 heavy (non-hydrogen) atoms. The smallest absolute Gasteiger partial charge is 0.319 e. The Morgan fingerprint density at radius 3 is 2.47 bits per heavy atom. The summed E-state index contributed by atoms with van der Waals surface area (Å²) in [5.41, 5.74) is 6.44. The zero-order valence-electron chi connectivity index (χ0n) is 25.6. The minimum Gasteiger partial charge on any atom is -0.364 e. The van der Waals surface area contributed by atoms with Gasteiger partial charge in [-0.3, -0.25) is 19.1 Å². The molecule has 0 saturated carbocycles. The van der Waals surface area contributed by atoms with Crippen molar-refractivity contribution in [2.45, 2.75) is 31.7 Å². The summed E-state index contributed by atoms with van der Waals surface area (Å²) in [5, 5.41) is 12.5. The highest BCUT2D eigenvalue weighted by molar-refractivity contribution is 6.33. The van der Waals surface area contributed by atoms with Crippen LogP contribution in [0.2, 0.25) is 5.02 Å². The van der Waals surface area contributed by atoms with Gasteiger partial charge in [-0.15, -0.1) is 0 Å². The Kier molecular flexibility index (Phi) is 9.44. The van der Waals surface area contributed by atoms with Crippen LogP contribution in [0.25, 0.3) is 22.0 Å². The molecule has 0 spiro atoms. The number of alkyl halides is 1. The standard InChI is InChI=1S/C33H28ClF2N9O4/c34-23-7-2-1-5-20(23)21-6-3-8-24(29(21)36)42-32(48)26-13-18(35)16-44(26)28(46)17-45-25-10-9-19(14-22(25)30(43-45)31(37)47)41-33(49)40-15-27-38-11-4-12-39-27/h1-12,14,18,26H,13,15-17H2,(H2,37,47)(H,42,48)(H2,40,41,49). The zero-order valence-corrected chi connectivity index (χ0v) is 26.3. The van der Waals surface area contributed by atoms with E-state index in [0.717, 1.165) is 4.90 Å². The fourth-order valence-electron chi connectivity index (χ4n) is 5.58. The number of primary amides is 1. The number of halogens is 3. The van der Waals surface area contributed by atoms with Gasteiger partial charge in [0, 0.05) is 46.0 Å². The molecule has 250 valence electrons. The van der Waals surface area contributed by atoms with Gasteiger partial charge < -0.3 is 26.6 Å². The SMILES string of the molecule is NC(=O)c1nn(CC(=O)N2CC(F)CC2C(=O)Nc2cccc(-c3ccccc3Cl)c2F)c2ccc(NC(=O)NCc3ncccn3)cc12. The van der Waals surface area contributed by atoms with Crippen molar-refractivity contribution in [3.8, 4) is 11.1 Å². The van der Waals surface area contributed by atoms with Gasteiger partial charge in [-0.25, -0.2) is 23.5 Å². The van der Waals surface area contributed by atoms with Gasteiger partial charge in [-0.2, -0.15) is 5.10 Å². The number of hydrogen-bond acceptors (Lipinski definition) is 7. The van der Waals surface area contributed by atoms with Crippen LogP contribution >= 0.6 is 11.6 Å². The summed E-state index contributed by atoms with van der Waals surface area (Å²) in [5.74, 6) is -2.67. The Morgan fingerprint density at radius 2 is 1.71 bits per heavy atom. The third kappa shape index (κ3) is 7.16. The van der Waals surface area contributed by atoms with Crippen molar-refractivity contribution in [3.63, 3.8) is 0 Å². The van der Waals surface area contributed by atoms with E-state index in [1.807, 2.05) is 0 Å². The molecule has 2 atom stereocenters. The topological polar surface area (TPSA) is 177 Å². The molecule has 0 radical (unpaired) electrons. The van der Waals surface area contributed by atoms with E-state index in [-0.39, 0.29) is 41.8 Å². The minimum absolute atomic E-state index is 0.0701. The Morgan fingerprint density at radius 1 is 0.959 bits per heavy atom. The Hall–Kier alpha value is -5.96. The molecule has 3 aromatic carbocycles. The number of hydrogen-bond donors (Lipinski definition) is 4. The van der Waals surface area contributed by atoms with Gasteiger partial charge in [0.15, 0.2) is 11.5 Å². The van der Waals surface area contributed by atoms with Crippen LogP contribution in [0.1, 0.15) is 22.7 Å². The van der Waals surface area contributed by atoms with Gasteiger partial charge in [-0.1, -0.05) is 41.9 Å². The molecule has 5 amide bonds. The highest BCUT2D eigenvalue weighted by Gasteiger charge is 2.40. The number of amides is 5. The molecular weight excluding hydrogens is 660 g/mol. The first-order chi connectivity index (χ1) is 23.6. The van der Waals surface area contributed by atoms with E-state index in [1.54, 1.807) is 48.8 Å². The fraction of sp³-hybridized carbons (Fsp3) is 0.182. The molecular formula is C33H28ClF2N9O4. The number of urea groups is 1. The van der Waals surface area contributed by atoms with Crippen LogP contribution in [0.4, 0.5) is 25.0 Å². The molecule has 0 bridgehead atoms. The van der Waals surface area contributed by atoms with E-state index in [2.05, 4.69) is 31.0 Å². The van der Waals surface area contributed by atoms with Gasteiger partial charge in [0.1, 0.15) is 24.6 Å². The molecule has 2 unspecified atom stereocenters. The minimum atomic E-state index is -1.51. The molecule has 5 N–H and O–H groups in total. The largest absolute Gasteiger partial charge is 0.364 e. The number of carbonyl (C=O) groups is 4. The second-order valence-electron chi connectivity index (χ2n) is 11.1. The van der Waals surface area contributed by atoms with Crippen molar-refractivity contribution in [3.05, 3.63) is 101 Å². The highest BCUT2D eigenvalue weighted by Crippen LogP contribution is 2.33. The van der Waals surface area contributed by atoms with Crippen molar-refractivity contribution in [2.24, 2.45) is 5.73 Å². The number of rotatable bonds is 9. The normalized spacial score (nSPS) is 15.6. The van der Waals surface area contributed by atoms with E-state index in [4.69, 9.17) is 17.3 Å². The predicted molar refractivity (Wildman–Crippen MR) is 177 cm³/mol.